The maximum absolute atomic E-state index is 13.3. The first-order valence-electron chi connectivity index (χ1n) is 9.96. The lowest BCUT2D eigenvalue weighted by molar-refractivity contribution is -0.0139. The summed E-state index contributed by atoms with van der Waals surface area (Å²) in [6, 6.07) is 1.57. The summed E-state index contributed by atoms with van der Waals surface area (Å²) in [5, 5.41) is 40.6. The maximum Gasteiger partial charge on any atom is 0.196 e. The van der Waals surface area contributed by atoms with Gasteiger partial charge < -0.3 is 29.9 Å². The average Bonchev–Trinajstić information content (AvgIpc) is 2.98. The van der Waals surface area contributed by atoms with Crippen molar-refractivity contribution in [2.75, 3.05) is 6.61 Å². The normalized spacial score (nSPS) is 30.4. The fourth-order valence-corrected chi connectivity index (χ4v) is 4.38. The Kier molecular flexibility index (Phi) is 5.27. The van der Waals surface area contributed by atoms with Gasteiger partial charge in [-0.25, -0.2) is 0 Å². The quantitative estimate of drug-likeness (QED) is 0.579. The second-order valence-corrected chi connectivity index (χ2v) is 7.85. The third kappa shape index (κ3) is 3.07. The highest BCUT2D eigenvalue weighted by Gasteiger charge is 2.47. The predicted molar refractivity (Wildman–Crippen MR) is 105 cm³/mol. The summed E-state index contributed by atoms with van der Waals surface area (Å²) in [6.07, 6.45) is -1.54. The number of hydrogen-bond acceptors (Lipinski definition) is 8. The number of fused-ring (bicyclic) bond motifs is 2. The summed E-state index contributed by atoms with van der Waals surface area (Å²) >= 11 is 0. The van der Waals surface area contributed by atoms with Crippen LogP contribution in [-0.4, -0.2) is 63.0 Å². The van der Waals surface area contributed by atoms with E-state index in [2.05, 4.69) is 0 Å². The standard InChI is InChI=1S/C22H24O8/c1-3-4-14-16-10(5-9(2)29-14)6-11-13(24)7-12(18(25)17(11)20(16)27)22-21(28)19(26)15(8-23)30-22/h5-7,14-15,19,21-23,26-28H,3-4,8H2,1-2H3/t14-,15-,19-,21-,22+/m1/s1. The number of phenolic OH excluding ortho intramolecular Hbond substituents is 1. The van der Waals surface area contributed by atoms with Crippen molar-refractivity contribution in [2.24, 2.45) is 0 Å². The fourth-order valence-electron chi connectivity index (χ4n) is 4.38. The lowest BCUT2D eigenvalue weighted by atomic mass is 9.81. The molecule has 0 radical (unpaired) electrons. The molecule has 160 valence electrons. The molecule has 8 heteroatoms. The molecule has 4 N–H and O–H groups in total. The minimum absolute atomic E-state index is 0.0629. The molecule has 5 atom stereocenters. The molecule has 0 bridgehead atoms. The Morgan fingerprint density at radius 2 is 1.87 bits per heavy atom. The first-order valence-corrected chi connectivity index (χ1v) is 9.96. The van der Waals surface area contributed by atoms with Crippen LogP contribution in [0.1, 0.15) is 64.6 Å². The summed E-state index contributed by atoms with van der Waals surface area (Å²) in [6.45, 7) is 3.21. The van der Waals surface area contributed by atoms with Crippen LogP contribution in [0.3, 0.4) is 0 Å². The second kappa shape index (κ2) is 7.63. The van der Waals surface area contributed by atoms with Gasteiger partial charge in [0.2, 0.25) is 0 Å². The number of carbonyl (C=O) groups excluding carboxylic acids is 2. The van der Waals surface area contributed by atoms with Crippen molar-refractivity contribution in [2.45, 2.75) is 57.2 Å². The first-order chi connectivity index (χ1) is 14.3. The third-order valence-corrected chi connectivity index (χ3v) is 5.82. The molecular weight excluding hydrogens is 392 g/mol. The molecule has 1 saturated heterocycles. The number of allylic oxidation sites excluding steroid dienone is 2. The van der Waals surface area contributed by atoms with Crippen molar-refractivity contribution in [3.63, 3.8) is 0 Å². The van der Waals surface area contributed by atoms with E-state index in [-0.39, 0.29) is 22.4 Å². The number of ketones is 2. The molecule has 0 amide bonds. The van der Waals surface area contributed by atoms with Gasteiger partial charge in [0.05, 0.1) is 17.9 Å². The van der Waals surface area contributed by atoms with Crippen LogP contribution in [0.25, 0.3) is 6.08 Å². The van der Waals surface area contributed by atoms with Crippen LogP contribution in [0, 0.1) is 0 Å². The first kappa shape index (κ1) is 20.7. The van der Waals surface area contributed by atoms with Crippen molar-refractivity contribution in [3.8, 4) is 5.75 Å². The summed E-state index contributed by atoms with van der Waals surface area (Å²) in [7, 11) is 0. The second-order valence-electron chi connectivity index (χ2n) is 7.85. The number of carbonyl (C=O) groups is 2. The molecule has 4 rings (SSSR count). The van der Waals surface area contributed by atoms with E-state index in [4.69, 9.17) is 9.47 Å². The maximum atomic E-state index is 13.3. The molecule has 8 nitrogen and oxygen atoms in total. The average molecular weight is 416 g/mol. The topological polar surface area (TPSA) is 134 Å². The van der Waals surface area contributed by atoms with Gasteiger partial charge in [0.25, 0.3) is 0 Å². The van der Waals surface area contributed by atoms with Gasteiger partial charge in [0.1, 0.15) is 36.3 Å². The number of benzene rings is 1. The summed E-state index contributed by atoms with van der Waals surface area (Å²) in [5.41, 5.74) is 0.810. The highest BCUT2D eigenvalue weighted by atomic mass is 16.6. The van der Waals surface area contributed by atoms with Gasteiger partial charge in [-0.3, -0.25) is 9.59 Å². The zero-order valence-electron chi connectivity index (χ0n) is 16.7. The van der Waals surface area contributed by atoms with Crippen LogP contribution in [-0.2, 0) is 9.47 Å². The van der Waals surface area contributed by atoms with Gasteiger partial charge >= 0.3 is 0 Å². The number of ether oxygens (including phenoxy) is 2. The largest absolute Gasteiger partial charge is 0.507 e. The smallest absolute Gasteiger partial charge is 0.196 e. The van der Waals surface area contributed by atoms with Gasteiger partial charge in [-0.1, -0.05) is 13.3 Å². The number of phenols is 1. The molecule has 0 spiro atoms. The van der Waals surface area contributed by atoms with Crippen LogP contribution in [0.2, 0.25) is 0 Å². The van der Waals surface area contributed by atoms with E-state index in [1.807, 2.05) is 6.92 Å². The monoisotopic (exact) mass is 416 g/mol. The van der Waals surface area contributed by atoms with E-state index in [1.54, 1.807) is 19.1 Å². The number of rotatable bonds is 4. The van der Waals surface area contributed by atoms with Crippen molar-refractivity contribution in [3.05, 3.63) is 45.7 Å². The number of aliphatic hydroxyl groups excluding tert-OH is 3. The van der Waals surface area contributed by atoms with Crippen LogP contribution in [0.4, 0.5) is 0 Å². The third-order valence-electron chi connectivity index (χ3n) is 5.82. The van der Waals surface area contributed by atoms with Gasteiger partial charge in [-0.2, -0.15) is 0 Å². The fraction of sp³-hybridized carbons (Fsp3) is 0.455. The summed E-state index contributed by atoms with van der Waals surface area (Å²) < 4.78 is 11.3. The van der Waals surface area contributed by atoms with Gasteiger partial charge in [-0.05, 0) is 37.1 Å². The van der Waals surface area contributed by atoms with E-state index >= 15 is 0 Å². The zero-order chi connectivity index (χ0) is 21.7. The molecule has 2 aliphatic heterocycles. The molecule has 1 aromatic rings. The minimum atomic E-state index is -1.49. The molecule has 3 aliphatic rings. The van der Waals surface area contributed by atoms with Crippen LogP contribution < -0.4 is 0 Å². The number of hydrogen-bond donors (Lipinski definition) is 4. The number of aliphatic hydroxyl groups is 3. The molecule has 30 heavy (non-hydrogen) atoms. The Morgan fingerprint density at radius 1 is 1.13 bits per heavy atom. The molecule has 0 saturated carbocycles. The van der Waals surface area contributed by atoms with E-state index in [0.29, 0.717) is 23.3 Å². The SMILES string of the molecule is CCC[C@H]1OC(C)=Cc2cc3c(c(O)c21)C(=O)C([C@@H]1O[C@H](CO)[C@@H](O)[C@H]1O)=CC3=O. The Bertz CT molecular complexity index is 976. The van der Waals surface area contributed by atoms with Crippen LogP contribution in [0.5, 0.6) is 5.75 Å². The van der Waals surface area contributed by atoms with Crippen molar-refractivity contribution in [1.29, 1.82) is 0 Å². The number of aromatic hydroxyl groups is 1. The van der Waals surface area contributed by atoms with E-state index in [1.165, 1.54) is 0 Å². The highest BCUT2D eigenvalue weighted by Crippen LogP contribution is 2.45. The van der Waals surface area contributed by atoms with Crippen molar-refractivity contribution in [1.82, 2.24) is 0 Å². The highest BCUT2D eigenvalue weighted by molar-refractivity contribution is 6.26. The van der Waals surface area contributed by atoms with Crippen LogP contribution >= 0.6 is 0 Å². The molecule has 1 aliphatic carbocycles. The summed E-state index contributed by atoms with van der Waals surface area (Å²) in [5.74, 6) is -0.848. The zero-order valence-corrected chi connectivity index (χ0v) is 16.7. The van der Waals surface area contributed by atoms with Crippen LogP contribution in [0.15, 0.2) is 23.5 Å². The summed E-state index contributed by atoms with van der Waals surface area (Å²) in [4.78, 5) is 26.1. The Balaban J connectivity index is 1.81. The molecule has 0 aromatic heterocycles. The molecule has 2 heterocycles. The Labute approximate surface area is 173 Å². The molecule has 1 fully saturated rings. The predicted octanol–water partition coefficient (Wildman–Crippen LogP) is 1.41. The van der Waals surface area contributed by atoms with Crippen molar-refractivity contribution < 1.29 is 39.5 Å². The number of Topliss-reactive ketones (excluding diaryl/α,β-unsaturated/α-hetero) is 1. The molecule has 1 aromatic carbocycles. The minimum Gasteiger partial charge on any atom is -0.507 e. The molecule has 0 unspecified atom stereocenters. The Morgan fingerprint density at radius 3 is 2.50 bits per heavy atom. The molecular formula is C22H24O8. The Hall–Kier alpha value is -2.52. The van der Waals surface area contributed by atoms with Crippen molar-refractivity contribution >= 4 is 17.6 Å². The van der Waals surface area contributed by atoms with Gasteiger partial charge in [0, 0.05) is 16.7 Å². The van der Waals surface area contributed by atoms with Gasteiger partial charge in [-0.15, -0.1) is 0 Å². The van der Waals surface area contributed by atoms with Gasteiger partial charge in [0.15, 0.2) is 11.6 Å². The lowest BCUT2D eigenvalue weighted by Gasteiger charge is -2.29. The van der Waals surface area contributed by atoms with E-state index < -0.39 is 48.7 Å². The van der Waals surface area contributed by atoms with E-state index in [0.717, 1.165) is 12.5 Å². The lowest BCUT2D eigenvalue weighted by Crippen LogP contribution is -2.36. The van der Waals surface area contributed by atoms with E-state index in [9.17, 15) is 30.0 Å².